The Bertz CT molecular complexity index is 1110. The first kappa shape index (κ1) is 19.4. The molecule has 6 nitrogen and oxygen atoms in total. The zero-order valence-electron chi connectivity index (χ0n) is 15.3. The van der Waals surface area contributed by atoms with E-state index in [1.54, 1.807) is 34.2 Å². The maximum Gasteiger partial charge on any atom is 0.263 e. The molecule has 1 aliphatic rings. The zero-order valence-corrected chi connectivity index (χ0v) is 17.7. The van der Waals surface area contributed by atoms with Crippen LogP contribution in [0.2, 0.25) is 5.15 Å². The molecule has 3 aromatic heterocycles. The van der Waals surface area contributed by atoms with Crippen LogP contribution in [-0.2, 0) is 24.2 Å². The van der Waals surface area contributed by atoms with Gasteiger partial charge in [-0.3, -0.25) is 14.2 Å². The monoisotopic (exact) mass is 434 g/mol. The van der Waals surface area contributed by atoms with Crippen molar-refractivity contribution in [2.45, 2.75) is 44.3 Å². The second-order valence-electron chi connectivity index (χ2n) is 6.51. The summed E-state index contributed by atoms with van der Waals surface area (Å²) in [6.07, 6.45) is 5.83. The number of hydrogen-bond donors (Lipinski definition) is 1. The highest BCUT2D eigenvalue weighted by Crippen LogP contribution is 2.34. The van der Waals surface area contributed by atoms with E-state index in [9.17, 15) is 9.59 Å². The molecular weight excluding hydrogens is 416 g/mol. The third-order valence-corrected chi connectivity index (χ3v) is 7.18. The molecule has 4 rings (SSSR count). The Labute approximate surface area is 175 Å². The van der Waals surface area contributed by atoms with Gasteiger partial charge in [-0.25, -0.2) is 9.97 Å². The van der Waals surface area contributed by atoms with Gasteiger partial charge in [0.25, 0.3) is 5.56 Å². The molecule has 1 aliphatic carbocycles. The van der Waals surface area contributed by atoms with Crippen molar-refractivity contribution in [3.05, 3.63) is 44.3 Å². The highest BCUT2D eigenvalue weighted by Gasteiger charge is 2.22. The summed E-state index contributed by atoms with van der Waals surface area (Å²) in [6, 6.07) is 3.40. The predicted octanol–water partition coefficient (Wildman–Crippen LogP) is 4.14. The van der Waals surface area contributed by atoms with Gasteiger partial charge in [0.2, 0.25) is 5.91 Å². The van der Waals surface area contributed by atoms with Gasteiger partial charge < -0.3 is 5.32 Å². The number of pyridine rings is 1. The van der Waals surface area contributed by atoms with Crippen molar-refractivity contribution in [1.82, 2.24) is 14.5 Å². The van der Waals surface area contributed by atoms with Gasteiger partial charge in [0.05, 0.1) is 16.8 Å². The number of thiophene rings is 1. The van der Waals surface area contributed by atoms with Gasteiger partial charge in [0.1, 0.15) is 4.83 Å². The summed E-state index contributed by atoms with van der Waals surface area (Å²) >= 11 is 8.86. The second kappa shape index (κ2) is 8.23. The summed E-state index contributed by atoms with van der Waals surface area (Å²) in [5.74, 6) is -0.0868. The standard InChI is InChI=1S/C19H19ClN4O2S2/c1-2-24-18(26)15-11-6-3-4-8-13(11)28-17(15)23-19(24)27-10-14(25)22-12-7-5-9-21-16(12)20/h5,7,9H,2-4,6,8,10H2,1H3,(H,22,25). The molecule has 0 aliphatic heterocycles. The smallest absolute Gasteiger partial charge is 0.263 e. The number of amides is 1. The first-order chi connectivity index (χ1) is 13.6. The first-order valence-electron chi connectivity index (χ1n) is 9.16. The highest BCUT2D eigenvalue weighted by molar-refractivity contribution is 7.99. The van der Waals surface area contributed by atoms with Gasteiger partial charge >= 0.3 is 0 Å². The summed E-state index contributed by atoms with van der Waals surface area (Å²) in [7, 11) is 0. The topological polar surface area (TPSA) is 76.9 Å². The van der Waals surface area contributed by atoms with Crippen molar-refractivity contribution in [2.24, 2.45) is 0 Å². The first-order valence-corrected chi connectivity index (χ1v) is 11.3. The van der Waals surface area contributed by atoms with E-state index in [1.807, 2.05) is 6.92 Å². The molecule has 1 N–H and O–H groups in total. The van der Waals surface area contributed by atoms with Crippen LogP contribution in [0.15, 0.2) is 28.3 Å². The van der Waals surface area contributed by atoms with Crippen LogP contribution in [0.1, 0.15) is 30.2 Å². The molecule has 0 radical (unpaired) electrons. The summed E-state index contributed by atoms with van der Waals surface area (Å²) in [5, 5.41) is 4.34. The van der Waals surface area contributed by atoms with Crippen LogP contribution in [0.4, 0.5) is 5.69 Å². The van der Waals surface area contributed by atoms with E-state index in [-0.39, 0.29) is 22.4 Å². The number of hydrogen-bond acceptors (Lipinski definition) is 6. The van der Waals surface area contributed by atoms with Crippen molar-refractivity contribution in [3.8, 4) is 0 Å². The van der Waals surface area contributed by atoms with Crippen molar-refractivity contribution < 1.29 is 4.79 Å². The average Bonchev–Trinajstić information content (AvgIpc) is 3.07. The van der Waals surface area contributed by atoms with Crippen molar-refractivity contribution in [3.63, 3.8) is 0 Å². The number of aromatic nitrogens is 3. The zero-order chi connectivity index (χ0) is 19.7. The quantitative estimate of drug-likeness (QED) is 0.371. The van der Waals surface area contributed by atoms with Crippen LogP contribution in [0.25, 0.3) is 10.2 Å². The largest absolute Gasteiger partial charge is 0.323 e. The van der Waals surface area contributed by atoms with Gasteiger partial charge in [-0.1, -0.05) is 23.4 Å². The molecule has 0 fully saturated rings. The van der Waals surface area contributed by atoms with Crippen molar-refractivity contribution >= 4 is 56.5 Å². The predicted molar refractivity (Wildman–Crippen MR) is 115 cm³/mol. The molecule has 0 saturated carbocycles. The molecule has 0 bridgehead atoms. The van der Waals surface area contributed by atoms with Crippen LogP contribution in [0.5, 0.6) is 0 Å². The van der Waals surface area contributed by atoms with Gasteiger partial charge in [0, 0.05) is 17.6 Å². The van der Waals surface area contributed by atoms with Crippen LogP contribution in [0, 0.1) is 0 Å². The fourth-order valence-corrected chi connectivity index (χ4v) is 5.74. The summed E-state index contributed by atoms with van der Waals surface area (Å²) < 4.78 is 1.67. The lowest BCUT2D eigenvalue weighted by Gasteiger charge is -2.12. The normalized spacial score (nSPS) is 13.5. The maximum absolute atomic E-state index is 13.1. The van der Waals surface area contributed by atoms with E-state index in [0.29, 0.717) is 17.4 Å². The van der Waals surface area contributed by atoms with E-state index in [4.69, 9.17) is 16.6 Å². The number of carbonyl (C=O) groups is 1. The van der Waals surface area contributed by atoms with Crippen molar-refractivity contribution in [2.75, 3.05) is 11.1 Å². The molecule has 146 valence electrons. The average molecular weight is 435 g/mol. The van der Waals surface area contributed by atoms with E-state index < -0.39 is 0 Å². The van der Waals surface area contributed by atoms with E-state index in [0.717, 1.165) is 29.5 Å². The molecule has 0 spiro atoms. The Hall–Kier alpha value is -1.90. The minimum Gasteiger partial charge on any atom is -0.323 e. The Kier molecular flexibility index (Phi) is 5.70. The molecule has 0 atom stereocenters. The minimum absolute atomic E-state index is 0.00473. The molecule has 3 aromatic rings. The Morgan fingerprint density at radius 1 is 1.39 bits per heavy atom. The fourth-order valence-electron chi connectivity index (χ4n) is 3.40. The molecule has 0 aromatic carbocycles. The third kappa shape index (κ3) is 3.68. The third-order valence-electron chi connectivity index (χ3n) is 4.72. The van der Waals surface area contributed by atoms with E-state index >= 15 is 0 Å². The van der Waals surface area contributed by atoms with Gasteiger partial charge in [-0.2, -0.15) is 0 Å². The van der Waals surface area contributed by atoms with Gasteiger partial charge in [0.15, 0.2) is 10.3 Å². The number of nitrogens with one attached hydrogen (secondary N) is 1. The Morgan fingerprint density at radius 3 is 3.00 bits per heavy atom. The molecule has 1 amide bonds. The van der Waals surface area contributed by atoms with E-state index in [2.05, 4.69) is 10.3 Å². The lowest BCUT2D eigenvalue weighted by Crippen LogP contribution is -2.24. The molecule has 28 heavy (non-hydrogen) atoms. The lowest BCUT2D eigenvalue weighted by atomic mass is 9.97. The molecule has 0 saturated heterocycles. The number of carbonyl (C=O) groups excluding carboxylic acids is 1. The van der Waals surface area contributed by atoms with Gasteiger partial charge in [-0.05, 0) is 50.3 Å². The molecule has 0 unspecified atom stereocenters. The summed E-state index contributed by atoms with van der Waals surface area (Å²) in [5.41, 5.74) is 1.66. The maximum atomic E-state index is 13.1. The number of halogens is 1. The van der Waals surface area contributed by atoms with Gasteiger partial charge in [-0.15, -0.1) is 11.3 Å². The number of aryl methyl sites for hydroxylation is 2. The molecule has 3 heterocycles. The highest BCUT2D eigenvalue weighted by atomic mass is 35.5. The number of anilines is 1. The second-order valence-corrected chi connectivity index (χ2v) is 8.90. The number of rotatable bonds is 5. The van der Waals surface area contributed by atoms with Crippen LogP contribution >= 0.6 is 34.7 Å². The van der Waals surface area contributed by atoms with Crippen LogP contribution in [-0.4, -0.2) is 26.2 Å². The fraction of sp³-hybridized carbons (Fsp3) is 0.368. The molecule has 9 heteroatoms. The van der Waals surface area contributed by atoms with Crippen molar-refractivity contribution in [1.29, 1.82) is 0 Å². The SMILES string of the molecule is CCn1c(SCC(=O)Nc2cccnc2Cl)nc2sc3c(c2c1=O)CCCC3. The Balaban J connectivity index is 1.59. The minimum atomic E-state index is -0.220. The van der Waals surface area contributed by atoms with Crippen LogP contribution in [0.3, 0.4) is 0 Å². The number of thioether (sulfide) groups is 1. The number of fused-ring (bicyclic) bond motifs is 3. The summed E-state index contributed by atoms with van der Waals surface area (Å²) in [4.78, 5) is 36.2. The summed E-state index contributed by atoms with van der Waals surface area (Å²) in [6.45, 7) is 2.44. The Morgan fingerprint density at radius 2 is 2.21 bits per heavy atom. The van der Waals surface area contributed by atoms with Crippen LogP contribution < -0.4 is 10.9 Å². The van der Waals surface area contributed by atoms with E-state index in [1.165, 1.54) is 28.6 Å². The number of nitrogens with zero attached hydrogens (tertiary/aromatic N) is 3. The lowest BCUT2D eigenvalue weighted by molar-refractivity contribution is -0.113. The molecular formula is C19H19ClN4O2S2.